The summed E-state index contributed by atoms with van der Waals surface area (Å²) >= 11 is -1.07. The zero-order chi connectivity index (χ0) is 25.7. The topological polar surface area (TPSA) is 92.7 Å². The van der Waals surface area contributed by atoms with Crippen LogP contribution >= 0.6 is 0 Å². The molecule has 6 nitrogen and oxygen atoms in total. The van der Waals surface area contributed by atoms with Gasteiger partial charge in [-0.25, -0.2) is 4.79 Å². The summed E-state index contributed by atoms with van der Waals surface area (Å²) < 4.78 is 6.07. The van der Waals surface area contributed by atoms with Crippen LogP contribution in [0.25, 0.3) is 0 Å². The number of ketones is 1. The SMILES string of the molecule is C[C@@H](O)[C@H]1C(=O)N[C@@H]1[C@@H](C)C(=O)C([I+]c1ccccc1)C(=O)OC(c1ccccc1)c1ccccc1. The molecular formula is C29H29INO5+. The van der Waals surface area contributed by atoms with Crippen molar-refractivity contribution < 1.29 is 45.4 Å². The highest BCUT2D eigenvalue weighted by Gasteiger charge is 2.52. The molecule has 0 aromatic heterocycles. The maximum Gasteiger partial charge on any atom is 0.367 e. The van der Waals surface area contributed by atoms with Crippen molar-refractivity contribution in [3.05, 3.63) is 106 Å². The zero-order valence-corrected chi connectivity index (χ0v) is 22.2. The van der Waals surface area contributed by atoms with E-state index in [0.717, 1.165) is 14.7 Å². The van der Waals surface area contributed by atoms with E-state index < -0.39 is 61.2 Å². The molecule has 2 N–H and O–H groups in total. The Labute approximate surface area is 221 Å². The highest BCUT2D eigenvalue weighted by Crippen LogP contribution is 2.28. The number of alkyl halides is 1. The first-order valence-electron chi connectivity index (χ1n) is 11.9. The van der Waals surface area contributed by atoms with Gasteiger partial charge in [0.2, 0.25) is 11.7 Å². The molecule has 1 aliphatic rings. The summed E-state index contributed by atoms with van der Waals surface area (Å²) in [6.07, 6.45) is -1.53. The first kappa shape index (κ1) is 26.0. The number of nitrogens with one attached hydrogen (secondary N) is 1. The third-order valence-corrected chi connectivity index (χ3v) is 9.55. The van der Waals surface area contributed by atoms with Gasteiger partial charge in [0, 0.05) is 5.92 Å². The molecule has 1 aliphatic heterocycles. The molecule has 4 rings (SSSR count). The van der Waals surface area contributed by atoms with Crippen molar-refractivity contribution in [3.63, 3.8) is 0 Å². The van der Waals surface area contributed by atoms with Gasteiger partial charge in [-0.1, -0.05) is 85.8 Å². The summed E-state index contributed by atoms with van der Waals surface area (Å²) in [7, 11) is 0. The number of amides is 1. The number of aliphatic hydroxyl groups is 1. The summed E-state index contributed by atoms with van der Waals surface area (Å²) in [4.78, 5) is 39.4. The van der Waals surface area contributed by atoms with E-state index in [1.165, 1.54) is 0 Å². The van der Waals surface area contributed by atoms with Crippen LogP contribution in [0, 0.1) is 15.4 Å². The van der Waals surface area contributed by atoms with E-state index in [0.29, 0.717) is 0 Å². The third kappa shape index (κ3) is 5.84. The average molecular weight is 598 g/mol. The Morgan fingerprint density at radius 3 is 1.83 bits per heavy atom. The van der Waals surface area contributed by atoms with Crippen molar-refractivity contribution in [1.29, 1.82) is 0 Å². The number of hydrogen-bond acceptors (Lipinski definition) is 5. The fraction of sp³-hybridized carbons (Fsp3) is 0.276. The van der Waals surface area contributed by atoms with Crippen LogP contribution in [0.2, 0.25) is 0 Å². The first-order chi connectivity index (χ1) is 17.4. The second kappa shape index (κ2) is 11.8. The number of halogens is 1. The van der Waals surface area contributed by atoms with Crippen LogP contribution in [-0.2, 0) is 19.1 Å². The second-order valence-electron chi connectivity index (χ2n) is 8.90. The third-order valence-electron chi connectivity index (χ3n) is 6.37. The van der Waals surface area contributed by atoms with Crippen LogP contribution in [0.1, 0.15) is 31.1 Å². The van der Waals surface area contributed by atoms with Gasteiger partial charge in [-0.2, -0.15) is 0 Å². The number of carbonyl (C=O) groups is 3. The van der Waals surface area contributed by atoms with Gasteiger partial charge in [0.1, 0.15) is 0 Å². The number of rotatable bonds is 10. The van der Waals surface area contributed by atoms with Crippen molar-refractivity contribution >= 4 is 17.7 Å². The quantitative estimate of drug-likeness (QED) is 0.116. The molecule has 0 spiro atoms. The molecule has 3 aromatic carbocycles. The van der Waals surface area contributed by atoms with Crippen molar-refractivity contribution in [1.82, 2.24) is 5.32 Å². The van der Waals surface area contributed by atoms with E-state index in [4.69, 9.17) is 4.74 Å². The summed E-state index contributed by atoms with van der Waals surface area (Å²) in [6.45, 7) is 3.25. The number of benzene rings is 3. The van der Waals surface area contributed by atoms with Crippen LogP contribution in [0.15, 0.2) is 91.0 Å². The first-order valence-corrected chi connectivity index (χ1v) is 14.2. The number of hydrogen-bond donors (Lipinski definition) is 2. The Hall–Kier alpha value is -3.04. The lowest BCUT2D eigenvalue weighted by Crippen LogP contribution is -3.66. The minimum absolute atomic E-state index is 0.271. The van der Waals surface area contributed by atoms with Crippen LogP contribution in [0.5, 0.6) is 0 Å². The van der Waals surface area contributed by atoms with Gasteiger partial charge in [-0.05, 0) is 30.2 Å². The van der Waals surface area contributed by atoms with Gasteiger partial charge in [0.25, 0.3) is 0 Å². The summed E-state index contributed by atoms with van der Waals surface area (Å²) in [5, 5.41) is 12.8. The number of ether oxygens (including phenoxy) is 1. The Bertz CT molecular complexity index is 1150. The monoisotopic (exact) mass is 598 g/mol. The van der Waals surface area contributed by atoms with Crippen LogP contribution < -0.4 is 26.5 Å². The van der Waals surface area contributed by atoms with E-state index in [2.05, 4.69) is 5.32 Å². The fourth-order valence-corrected chi connectivity index (χ4v) is 7.19. The van der Waals surface area contributed by atoms with Crippen molar-refractivity contribution in [3.8, 4) is 0 Å². The van der Waals surface area contributed by atoms with E-state index in [1.807, 2.05) is 91.0 Å². The molecule has 1 amide bonds. The Kier molecular flexibility index (Phi) is 8.53. The van der Waals surface area contributed by atoms with Crippen LogP contribution in [0.4, 0.5) is 0 Å². The predicted molar refractivity (Wildman–Crippen MR) is 131 cm³/mol. The smallest absolute Gasteiger partial charge is 0.367 e. The van der Waals surface area contributed by atoms with E-state index >= 15 is 0 Å². The maximum atomic E-state index is 13.7. The molecular weight excluding hydrogens is 569 g/mol. The summed E-state index contributed by atoms with van der Waals surface area (Å²) in [6, 6.07) is 27.9. The predicted octanol–water partition coefficient (Wildman–Crippen LogP) is 0.347. The lowest BCUT2D eigenvalue weighted by Gasteiger charge is -2.41. The van der Waals surface area contributed by atoms with Gasteiger partial charge in [-0.3, -0.25) is 9.59 Å². The van der Waals surface area contributed by atoms with Gasteiger partial charge >= 0.3 is 31.1 Å². The number of β-lactam (4-membered cyclic amide) rings is 1. The second-order valence-corrected chi connectivity index (χ2v) is 12.0. The van der Waals surface area contributed by atoms with Gasteiger partial charge in [0.15, 0.2) is 9.67 Å². The van der Waals surface area contributed by atoms with Gasteiger partial charge in [0.05, 0.1) is 18.1 Å². The number of carbonyl (C=O) groups excluding carboxylic acids is 3. The largest absolute Gasteiger partial charge is 0.449 e. The number of Topliss-reactive ketones (excluding diaryl/α,β-unsaturated/α-hetero) is 1. The molecule has 0 saturated carbocycles. The average Bonchev–Trinajstić information content (AvgIpc) is 2.89. The molecule has 0 bridgehead atoms. The normalized spacial score (nSPS) is 19.5. The van der Waals surface area contributed by atoms with Crippen LogP contribution in [0.3, 0.4) is 0 Å². The van der Waals surface area contributed by atoms with Crippen molar-refractivity contribution in [2.45, 2.75) is 36.0 Å². The minimum atomic E-state index is -1.07. The molecule has 1 fully saturated rings. The van der Waals surface area contributed by atoms with Crippen LogP contribution in [-0.4, -0.2) is 38.8 Å². The fourth-order valence-electron chi connectivity index (χ4n) is 4.37. The molecule has 1 unspecified atom stereocenters. The molecule has 1 saturated heterocycles. The summed E-state index contributed by atoms with van der Waals surface area (Å²) in [5.41, 5.74) is 1.63. The lowest BCUT2D eigenvalue weighted by molar-refractivity contribution is -0.639. The Morgan fingerprint density at radius 1 is 0.861 bits per heavy atom. The molecule has 3 aromatic rings. The Morgan fingerprint density at radius 2 is 1.36 bits per heavy atom. The lowest BCUT2D eigenvalue weighted by atomic mass is 9.77. The molecule has 0 aliphatic carbocycles. The Balaban J connectivity index is 1.62. The molecule has 5 atom stereocenters. The molecule has 7 heteroatoms. The molecule has 1 heterocycles. The molecule has 36 heavy (non-hydrogen) atoms. The molecule has 0 radical (unpaired) electrons. The van der Waals surface area contributed by atoms with Gasteiger partial charge < -0.3 is 15.2 Å². The summed E-state index contributed by atoms with van der Waals surface area (Å²) in [5.74, 6) is -2.43. The van der Waals surface area contributed by atoms with Crippen molar-refractivity contribution in [2.24, 2.45) is 11.8 Å². The zero-order valence-electron chi connectivity index (χ0n) is 20.1. The van der Waals surface area contributed by atoms with Crippen molar-refractivity contribution in [2.75, 3.05) is 0 Å². The van der Waals surface area contributed by atoms with Gasteiger partial charge in [-0.15, -0.1) is 0 Å². The van der Waals surface area contributed by atoms with E-state index in [-0.39, 0.29) is 11.7 Å². The highest BCUT2D eigenvalue weighted by molar-refractivity contribution is 6.04. The maximum absolute atomic E-state index is 13.7. The van der Waals surface area contributed by atoms with E-state index in [9.17, 15) is 19.5 Å². The minimum Gasteiger partial charge on any atom is -0.449 e. The number of esters is 1. The molecule has 186 valence electrons. The standard InChI is InChI=1S/C29H28INO5/c1-18(25-23(19(2)32)28(34)31-25)26(33)24(30-22-16-10-5-11-17-22)29(35)36-27(20-12-6-3-7-13-20)21-14-8-4-9-15-21/h3-19,23-25,27,32H,1-2H3/p+1/t18-,19-,23-,24?,25-/m1/s1. The number of aliphatic hydroxyl groups excluding tert-OH is 1. The highest BCUT2D eigenvalue weighted by atomic mass is 127. The van der Waals surface area contributed by atoms with E-state index in [1.54, 1.807) is 13.8 Å².